The van der Waals surface area contributed by atoms with E-state index >= 15 is 0 Å². The largest absolute Gasteiger partial charge is 0.872 e. The molecule has 7 aromatic rings. The van der Waals surface area contributed by atoms with E-state index < -0.39 is 5.41 Å². The lowest BCUT2D eigenvalue weighted by molar-refractivity contribution is -0.978. The molecule has 0 saturated heterocycles. The monoisotopic (exact) mass is 683 g/mol. The molecule has 4 heteroatoms. The van der Waals surface area contributed by atoms with Crippen molar-refractivity contribution in [1.82, 2.24) is 0 Å². The van der Waals surface area contributed by atoms with Crippen molar-refractivity contribution in [2.24, 2.45) is 0 Å². The van der Waals surface area contributed by atoms with Crippen molar-refractivity contribution in [2.75, 3.05) is 0 Å². The van der Waals surface area contributed by atoms with E-state index in [1.807, 2.05) is 36.4 Å². The van der Waals surface area contributed by atoms with Gasteiger partial charge in [-0.25, -0.2) is 0 Å². The fraction of sp³-hybridized carbons (Fsp3) is 0.125. The highest BCUT2D eigenvalue weighted by molar-refractivity contribution is 5.51. The van der Waals surface area contributed by atoms with Gasteiger partial charge in [-0.05, 0) is 47.9 Å². The van der Waals surface area contributed by atoms with Crippen LogP contribution >= 0.6 is 0 Å². The molecule has 0 radical (unpaired) electrons. The molecule has 7 aromatic carbocycles. The minimum Gasteiger partial charge on any atom is -0.872 e. The molecule has 0 spiro atoms. The van der Waals surface area contributed by atoms with Crippen molar-refractivity contribution in [3.63, 3.8) is 0 Å². The molecule has 0 saturated carbocycles. The molecular weight excluding hydrogens is 639 g/mol. The second-order valence-electron chi connectivity index (χ2n) is 13.7. The third kappa shape index (κ3) is 9.16. The lowest BCUT2D eigenvalue weighted by atomic mass is 9.71. The van der Waals surface area contributed by atoms with Crippen molar-refractivity contribution in [1.29, 1.82) is 0 Å². The van der Waals surface area contributed by atoms with Gasteiger partial charge in [0.2, 0.25) is 0 Å². The molecule has 0 aliphatic heterocycles. The zero-order valence-electron chi connectivity index (χ0n) is 29.6. The van der Waals surface area contributed by atoms with Crippen LogP contribution in [-0.2, 0) is 31.6 Å². The third-order valence-electron chi connectivity index (χ3n) is 9.76. The average molecular weight is 684 g/mol. The number of hydrogen-bond donors (Lipinski definition) is 2. The molecule has 4 nitrogen and oxygen atoms in total. The smallest absolute Gasteiger partial charge is 0.115 e. The number of quaternary nitrogens is 1. The normalized spacial score (nSPS) is 11.3. The van der Waals surface area contributed by atoms with Gasteiger partial charge in [-0.1, -0.05) is 170 Å². The third-order valence-corrected chi connectivity index (χ3v) is 9.76. The Morgan fingerprint density at radius 2 is 0.635 bits per heavy atom. The summed E-state index contributed by atoms with van der Waals surface area (Å²) in [7, 11) is 0. The van der Waals surface area contributed by atoms with E-state index in [1.54, 1.807) is 36.4 Å². The fourth-order valence-corrected chi connectivity index (χ4v) is 7.10. The molecule has 0 heterocycles. The second-order valence-corrected chi connectivity index (χ2v) is 13.7. The highest BCUT2D eigenvalue weighted by Crippen LogP contribution is 2.40. The maximum Gasteiger partial charge on any atom is 0.115 e. The van der Waals surface area contributed by atoms with Crippen molar-refractivity contribution >= 4 is 0 Å². The van der Waals surface area contributed by atoms with Crippen LogP contribution in [0, 0.1) is 0 Å². The summed E-state index contributed by atoms with van der Waals surface area (Å²) < 4.78 is 0.960. The maximum absolute atomic E-state index is 11.4. The Labute approximate surface area is 307 Å². The Hall–Kier alpha value is -6.10. The van der Waals surface area contributed by atoms with Crippen molar-refractivity contribution in [2.45, 2.75) is 38.5 Å². The van der Waals surface area contributed by atoms with Gasteiger partial charge >= 0.3 is 0 Å². The first-order valence-electron chi connectivity index (χ1n) is 17.7. The lowest BCUT2D eigenvalue weighted by Crippen LogP contribution is -2.45. The van der Waals surface area contributed by atoms with E-state index in [0.717, 1.165) is 47.4 Å². The van der Waals surface area contributed by atoms with Crippen LogP contribution in [0.3, 0.4) is 0 Å². The Bertz CT molecular complexity index is 1800. The maximum atomic E-state index is 11.4. The van der Waals surface area contributed by atoms with Crippen LogP contribution in [0.1, 0.15) is 45.9 Å². The van der Waals surface area contributed by atoms with Gasteiger partial charge < -0.3 is 19.8 Å². The summed E-state index contributed by atoms with van der Waals surface area (Å²) in [6.45, 7) is 6.06. The molecule has 260 valence electrons. The highest BCUT2D eigenvalue weighted by atomic mass is 16.3. The lowest BCUT2D eigenvalue weighted by Gasteiger charge is -2.39. The molecule has 0 amide bonds. The summed E-state index contributed by atoms with van der Waals surface area (Å²) in [6, 6.07) is 64.5. The second kappa shape index (κ2) is 16.7. The van der Waals surface area contributed by atoms with E-state index in [-0.39, 0.29) is 17.2 Å². The molecule has 0 bridgehead atoms. The Balaban J connectivity index is 0.000000183. The van der Waals surface area contributed by atoms with Gasteiger partial charge in [-0.3, -0.25) is 0 Å². The SMILES string of the molecule is CC(c1ccc([O-])cc1)(c1ccc(O)cc1)c1ccc(O)cc1.c1ccc(C[N+](Cc2ccccc2)(Cc2ccccc2)Cc2ccccc2)cc1. The molecule has 0 atom stereocenters. The Kier molecular flexibility index (Phi) is 11.5. The number of phenols is 2. The highest BCUT2D eigenvalue weighted by Gasteiger charge is 2.31. The first kappa shape index (κ1) is 35.7. The molecule has 2 N–H and O–H groups in total. The summed E-state index contributed by atoms with van der Waals surface area (Å²) >= 11 is 0. The van der Waals surface area contributed by atoms with Crippen LogP contribution in [-0.4, -0.2) is 14.7 Å². The zero-order chi connectivity index (χ0) is 36.2. The van der Waals surface area contributed by atoms with Crippen LogP contribution in [0.4, 0.5) is 0 Å². The fourth-order valence-electron chi connectivity index (χ4n) is 7.10. The van der Waals surface area contributed by atoms with Crippen LogP contribution in [0.2, 0.25) is 0 Å². The minimum atomic E-state index is -0.505. The van der Waals surface area contributed by atoms with Crippen LogP contribution in [0.15, 0.2) is 194 Å². The van der Waals surface area contributed by atoms with E-state index in [1.165, 1.54) is 22.3 Å². The molecule has 0 aromatic heterocycles. The van der Waals surface area contributed by atoms with E-state index in [4.69, 9.17) is 0 Å². The topological polar surface area (TPSA) is 63.5 Å². The number of benzene rings is 7. The van der Waals surface area contributed by atoms with Gasteiger partial charge in [0, 0.05) is 27.7 Å². The molecule has 52 heavy (non-hydrogen) atoms. The summed E-state index contributed by atoms with van der Waals surface area (Å²) in [5.41, 5.74) is 7.97. The molecule has 0 aliphatic carbocycles. The van der Waals surface area contributed by atoms with Crippen LogP contribution in [0.5, 0.6) is 17.2 Å². The predicted molar refractivity (Wildman–Crippen MR) is 209 cm³/mol. The molecule has 0 fully saturated rings. The first-order valence-corrected chi connectivity index (χ1v) is 17.7. The zero-order valence-corrected chi connectivity index (χ0v) is 29.6. The van der Waals surface area contributed by atoms with Crippen molar-refractivity contribution in [3.8, 4) is 17.2 Å². The number of phenolic OH excluding ortho intramolecular Hbond substituents is 2. The summed E-state index contributed by atoms with van der Waals surface area (Å²) in [6.07, 6.45) is 0. The predicted octanol–water partition coefficient (Wildman–Crippen LogP) is 10.1. The molecule has 0 unspecified atom stereocenters. The molecule has 7 rings (SSSR count). The van der Waals surface area contributed by atoms with Crippen molar-refractivity contribution in [3.05, 3.63) is 233 Å². The number of rotatable bonds is 11. The van der Waals surface area contributed by atoms with Gasteiger partial charge in [0.05, 0.1) is 0 Å². The summed E-state index contributed by atoms with van der Waals surface area (Å²) in [5, 5.41) is 30.6. The van der Waals surface area contributed by atoms with Gasteiger partial charge in [0.15, 0.2) is 0 Å². The summed E-state index contributed by atoms with van der Waals surface area (Å²) in [4.78, 5) is 0. The number of hydrogen-bond acceptors (Lipinski definition) is 3. The summed E-state index contributed by atoms with van der Waals surface area (Å²) in [5.74, 6) is 0.376. The first-order chi connectivity index (χ1) is 25.3. The van der Waals surface area contributed by atoms with E-state index in [9.17, 15) is 15.3 Å². The van der Waals surface area contributed by atoms with E-state index in [0.29, 0.717) is 0 Å². The van der Waals surface area contributed by atoms with Gasteiger partial charge in [-0.2, -0.15) is 0 Å². The average Bonchev–Trinajstić information content (AvgIpc) is 3.17. The number of nitrogens with zero attached hydrogens (tertiary/aromatic N) is 1. The van der Waals surface area contributed by atoms with Gasteiger partial charge in [-0.15, -0.1) is 5.75 Å². The van der Waals surface area contributed by atoms with Crippen LogP contribution in [0.25, 0.3) is 0 Å². The molecule has 0 aliphatic rings. The molecular formula is C48H45NO3. The van der Waals surface area contributed by atoms with Crippen molar-refractivity contribution < 1.29 is 19.8 Å². The Morgan fingerprint density at radius 3 is 0.904 bits per heavy atom. The quantitative estimate of drug-likeness (QED) is 0.105. The van der Waals surface area contributed by atoms with E-state index in [2.05, 4.69) is 128 Å². The number of aromatic hydroxyl groups is 2. The standard InChI is InChI=1S/C28H28N.C20H18O3/c1-5-13-25(14-6-1)21-29(22-26-15-7-2-8-16-26,23-27-17-9-3-10-18-27)24-28-19-11-4-12-20-28;1-20(14-2-8-17(21)9-3-14,15-4-10-18(22)11-5-15)16-6-12-19(23)13-7-16/h1-20H,21-24H2;2-13,21-23H,1H3/q+1;/p-1. The van der Waals surface area contributed by atoms with Gasteiger partial charge in [0.1, 0.15) is 37.7 Å². The van der Waals surface area contributed by atoms with Gasteiger partial charge in [0.25, 0.3) is 0 Å². The minimum absolute atomic E-state index is 0.0347. The Morgan fingerprint density at radius 1 is 0.385 bits per heavy atom. The van der Waals surface area contributed by atoms with Crippen LogP contribution < -0.4 is 5.11 Å².